The van der Waals surface area contributed by atoms with Gasteiger partial charge in [-0.3, -0.25) is 4.79 Å². The maximum atomic E-state index is 12.9. The van der Waals surface area contributed by atoms with Gasteiger partial charge in [0.15, 0.2) is 6.10 Å². The van der Waals surface area contributed by atoms with E-state index in [1.165, 1.54) is 0 Å². The molecule has 0 radical (unpaired) electrons. The lowest BCUT2D eigenvalue weighted by Crippen LogP contribution is -2.46. The van der Waals surface area contributed by atoms with Gasteiger partial charge in [-0.25, -0.2) is 0 Å². The summed E-state index contributed by atoms with van der Waals surface area (Å²) in [7, 11) is 0. The number of benzene rings is 2. The number of ether oxygens (including phenoxy) is 2. The van der Waals surface area contributed by atoms with Crippen LogP contribution < -0.4 is 14.8 Å². The molecule has 156 valence electrons. The minimum absolute atomic E-state index is 0.105. The van der Waals surface area contributed by atoms with E-state index in [1.807, 2.05) is 50.2 Å². The zero-order valence-electron chi connectivity index (χ0n) is 17.8. The van der Waals surface area contributed by atoms with Crippen LogP contribution in [0.15, 0.2) is 36.4 Å². The summed E-state index contributed by atoms with van der Waals surface area (Å²) < 4.78 is 12.3. The minimum Gasteiger partial charge on any atom is -0.487 e. The number of hydrogen-bond acceptors (Lipinski definition) is 3. The molecule has 0 aliphatic carbocycles. The molecule has 1 N–H and O–H groups in total. The highest BCUT2D eigenvalue weighted by Crippen LogP contribution is 2.42. The van der Waals surface area contributed by atoms with Crippen molar-refractivity contribution in [2.45, 2.75) is 71.6 Å². The topological polar surface area (TPSA) is 47.6 Å². The van der Waals surface area contributed by atoms with Gasteiger partial charge in [-0.1, -0.05) is 43.6 Å². The monoisotopic (exact) mass is 415 g/mol. The van der Waals surface area contributed by atoms with Gasteiger partial charge in [0, 0.05) is 17.0 Å². The van der Waals surface area contributed by atoms with Crippen molar-refractivity contribution in [2.75, 3.05) is 0 Å². The summed E-state index contributed by atoms with van der Waals surface area (Å²) in [6.07, 6.45) is 1.90. The number of amides is 1. The first-order chi connectivity index (χ1) is 13.8. The van der Waals surface area contributed by atoms with Crippen LogP contribution in [-0.2, 0) is 4.79 Å². The molecule has 2 aromatic carbocycles. The fraction of sp³-hybridized carbons (Fsp3) is 0.458. The Morgan fingerprint density at radius 1 is 1.24 bits per heavy atom. The highest BCUT2D eigenvalue weighted by molar-refractivity contribution is 6.32. The zero-order valence-corrected chi connectivity index (χ0v) is 18.6. The van der Waals surface area contributed by atoms with Crippen LogP contribution in [0.4, 0.5) is 0 Å². The molecule has 1 aliphatic heterocycles. The van der Waals surface area contributed by atoms with Gasteiger partial charge in [-0.15, -0.1) is 0 Å². The second kappa shape index (κ2) is 8.66. The second-order valence-corrected chi connectivity index (χ2v) is 8.30. The molecule has 0 aromatic heterocycles. The van der Waals surface area contributed by atoms with Crippen molar-refractivity contribution in [1.82, 2.24) is 5.32 Å². The zero-order chi connectivity index (χ0) is 21.2. The van der Waals surface area contributed by atoms with Crippen molar-refractivity contribution in [3.05, 3.63) is 58.1 Å². The molecule has 1 aliphatic rings. The molecule has 0 saturated carbocycles. The van der Waals surface area contributed by atoms with Gasteiger partial charge in [-0.2, -0.15) is 0 Å². The first-order valence-electron chi connectivity index (χ1n) is 10.3. The van der Waals surface area contributed by atoms with Crippen LogP contribution in [0, 0.1) is 13.8 Å². The standard InChI is InChI=1S/C24H30ClNO3/c1-6-24(7-2)14-20(19-10-8-9-11-21(19)29-24)26-23(27)17(5)28-18-12-15(3)22(25)16(4)13-18/h8-13,17,20H,6-7,14H2,1-5H3,(H,26,27)/t17-,20+/m0/s1. The maximum absolute atomic E-state index is 12.9. The normalized spacial score (nSPS) is 18.3. The first-order valence-corrected chi connectivity index (χ1v) is 10.7. The molecule has 1 amide bonds. The summed E-state index contributed by atoms with van der Waals surface area (Å²) in [6, 6.07) is 11.6. The Kier molecular flexibility index (Phi) is 6.42. The summed E-state index contributed by atoms with van der Waals surface area (Å²) in [5, 5.41) is 3.91. The highest BCUT2D eigenvalue weighted by atomic mass is 35.5. The SMILES string of the molecule is CCC1(CC)C[C@@H](NC(=O)[C@H](C)Oc2cc(C)c(Cl)c(C)c2)c2ccccc2O1. The van der Waals surface area contributed by atoms with E-state index in [0.29, 0.717) is 5.75 Å². The van der Waals surface area contributed by atoms with Gasteiger partial charge in [0.1, 0.15) is 17.1 Å². The van der Waals surface area contributed by atoms with Crippen molar-refractivity contribution in [3.8, 4) is 11.5 Å². The number of para-hydroxylation sites is 1. The van der Waals surface area contributed by atoms with Gasteiger partial charge in [0.05, 0.1) is 6.04 Å². The molecule has 0 unspecified atom stereocenters. The quantitative estimate of drug-likeness (QED) is 0.636. The Labute approximate surface area is 178 Å². The third-order valence-corrected chi connectivity index (χ3v) is 6.49. The number of carbonyl (C=O) groups excluding carboxylic acids is 1. The average molecular weight is 416 g/mol. The van der Waals surface area contributed by atoms with Crippen LogP contribution in [-0.4, -0.2) is 17.6 Å². The number of nitrogens with one attached hydrogen (secondary N) is 1. The van der Waals surface area contributed by atoms with Gasteiger partial charge < -0.3 is 14.8 Å². The third-order valence-electron chi connectivity index (χ3n) is 5.89. The first kappa shape index (κ1) is 21.5. The van der Waals surface area contributed by atoms with Crippen LogP contribution >= 0.6 is 11.6 Å². The third kappa shape index (κ3) is 4.53. The maximum Gasteiger partial charge on any atom is 0.261 e. The number of aryl methyl sites for hydroxylation is 2. The lowest BCUT2D eigenvalue weighted by molar-refractivity contribution is -0.128. The van der Waals surface area contributed by atoms with Crippen molar-refractivity contribution < 1.29 is 14.3 Å². The molecule has 0 fully saturated rings. The molecule has 5 heteroatoms. The molecule has 2 atom stereocenters. The molecule has 0 bridgehead atoms. The summed E-state index contributed by atoms with van der Waals surface area (Å²) in [5.41, 5.74) is 2.62. The largest absolute Gasteiger partial charge is 0.487 e. The number of rotatable bonds is 6. The van der Waals surface area contributed by atoms with E-state index in [4.69, 9.17) is 21.1 Å². The van der Waals surface area contributed by atoms with Crippen molar-refractivity contribution in [1.29, 1.82) is 0 Å². The van der Waals surface area contributed by atoms with Crippen molar-refractivity contribution in [3.63, 3.8) is 0 Å². The van der Waals surface area contributed by atoms with E-state index in [2.05, 4.69) is 19.2 Å². The van der Waals surface area contributed by atoms with Crippen LogP contribution in [0.2, 0.25) is 5.02 Å². The minimum atomic E-state index is -0.623. The van der Waals surface area contributed by atoms with Crippen molar-refractivity contribution >= 4 is 17.5 Å². The van der Waals surface area contributed by atoms with E-state index < -0.39 is 6.10 Å². The highest BCUT2D eigenvalue weighted by Gasteiger charge is 2.39. The Morgan fingerprint density at radius 2 is 1.86 bits per heavy atom. The fourth-order valence-electron chi connectivity index (χ4n) is 3.95. The van der Waals surface area contributed by atoms with E-state index >= 15 is 0 Å². The average Bonchev–Trinajstić information content (AvgIpc) is 2.71. The number of carbonyl (C=O) groups is 1. The molecular formula is C24H30ClNO3. The summed E-state index contributed by atoms with van der Waals surface area (Å²) in [5.74, 6) is 1.36. The Bertz CT molecular complexity index is 868. The van der Waals surface area contributed by atoms with E-state index in [9.17, 15) is 4.79 Å². The Balaban J connectivity index is 1.77. The van der Waals surface area contributed by atoms with Crippen molar-refractivity contribution in [2.24, 2.45) is 0 Å². The lowest BCUT2D eigenvalue weighted by atomic mass is 9.83. The molecule has 0 spiro atoms. The van der Waals surface area contributed by atoms with E-state index in [0.717, 1.165) is 46.7 Å². The molecule has 3 rings (SSSR count). The summed E-state index contributed by atoms with van der Waals surface area (Å²) in [6.45, 7) is 9.90. The second-order valence-electron chi connectivity index (χ2n) is 7.93. The summed E-state index contributed by atoms with van der Waals surface area (Å²) in [4.78, 5) is 12.9. The van der Waals surface area contributed by atoms with Gasteiger partial charge in [0.2, 0.25) is 0 Å². The smallest absolute Gasteiger partial charge is 0.261 e. The number of hydrogen-bond donors (Lipinski definition) is 1. The van der Waals surface area contributed by atoms with Gasteiger partial charge >= 0.3 is 0 Å². The van der Waals surface area contributed by atoms with E-state index in [1.54, 1.807) is 6.92 Å². The predicted octanol–water partition coefficient (Wildman–Crippen LogP) is 5.92. The lowest BCUT2D eigenvalue weighted by Gasteiger charge is -2.41. The molecule has 0 saturated heterocycles. The number of fused-ring (bicyclic) bond motifs is 1. The molecule has 29 heavy (non-hydrogen) atoms. The van der Waals surface area contributed by atoms with Crippen LogP contribution in [0.25, 0.3) is 0 Å². The predicted molar refractivity (Wildman–Crippen MR) is 117 cm³/mol. The Morgan fingerprint density at radius 3 is 2.48 bits per heavy atom. The number of halogens is 1. The van der Waals surface area contributed by atoms with Crippen LogP contribution in [0.1, 0.15) is 62.8 Å². The summed E-state index contributed by atoms with van der Waals surface area (Å²) >= 11 is 6.23. The Hall–Kier alpha value is -2.20. The van der Waals surface area contributed by atoms with Gasteiger partial charge in [0.25, 0.3) is 5.91 Å². The van der Waals surface area contributed by atoms with Gasteiger partial charge in [-0.05, 0) is 62.9 Å². The molecule has 2 aromatic rings. The van der Waals surface area contributed by atoms with Crippen LogP contribution in [0.3, 0.4) is 0 Å². The van der Waals surface area contributed by atoms with Crippen LogP contribution in [0.5, 0.6) is 11.5 Å². The molecular weight excluding hydrogens is 386 g/mol. The fourth-order valence-corrected chi connectivity index (χ4v) is 4.06. The van der Waals surface area contributed by atoms with E-state index in [-0.39, 0.29) is 17.6 Å². The molecule has 1 heterocycles. The molecule has 4 nitrogen and oxygen atoms in total.